The Kier molecular flexibility index (Phi) is 2.83. The zero-order valence-corrected chi connectivity index (χ0v) is 9.92. The molecule has 1 aliphatic heterocycles. The second-order valence-corrected chi connectivity index (χ2v) is 4.73. The lowest BCUT2D eigenvalue weighted by Crippen LogP contribution is -2.34. The van der Waals surface area contributed by atoms with Crippen molar-refractivity contribution in [2.24, 2.45) is 0 Å². The van der Waals surface area contributed by atoms with E-state index in [0.717, 1.165) is 4.47 Å². The molecule has 0 radical (unpaired) electrons. The van der Waals surface area contributed by atoms with E-state index in [0.29, 0.717) is 18.6 Å². The molecule has 2 rings (SSSR count). The summed E-state index contributed by atoms with van der Waals surface area (Å²) in [6.45, 7) is 2.22. The SMILES string of the molecule is CC1OCCC1(O)c1cc(Br)ccc1F. The van der Waals surface area contributed by atoms with Crippen molar-refractivity contribution in [3.05, 3.63) is 34.1 Å². The zero-order valence-electron chi connectivity index (χ0n) is 8.34. The number of rotatable bonds is 1. The molecular weight excluding hydrogens is 263 g/mol. The normalized spacial score (nSPS) is 30.8. The zero-order chi connectivity index (χ0) is 11.1. The molecule has 4 heteroatoms. The van der Waals surface area contributed by atoms with Crippen molar-refractivity contribution in [1.29, 1.82) is 0 Å². The lowest BCUT2D eigenvalue weighted by Gasteiger charge is -2.27. The molecule has 2 nitrogen and oxygen atoms in total. The first-order valence-corrected chi connectivity index (χ1v) is 5.63. The molecule has 0 bridgehead atoms. The Morgan fingerprint density at radius 1 is 1.60 bits per heavy atom. The minimum Gasteiger partial charge on any atom is -0.382 e. The van der Waals surface area contributed by atoms with E-state index in [4.69, 9.17) is 4.74 Å². The number of hydrogen-bond acceptors (Lipinski definition) is 2. The van der Waals surface area contributed by atoms with Gasteiger partial charge in [0.2, 0.25) is 0 Å². The number of benzene rings is 1. The van der Waals surface area contributed by atoms with Crippen LogP contribution in [0.25, 0.3) is 0 Å². The van der Waals surface area contributed by atoms with Crippen LogP contribution in [0, 0.1) is 5.82 Å². The Balaban J connectivity index is 2.48. The van der Waals surface area contributed by atoms with Gasteiger partial charge in [0.25, 0.3) is 0 Å². The predicted molar refractivity (Wildman–Crippen MR) is 58.0 cm³/mol. The Morgan fingerprint density at radius 2 is 2.33 bits per heavy atom. The maximum Gasteiger partial charge on any atom is 0.129 e. The van der Waals surface area contributed by atoms with E-state index in [1.165, 1.54) is 6.07 Å². The van der Waals surface area contributed by atoms with E-state index in [2.05, 4.69) is 15.9 Å². The molecule has 1 aromatic carbocycles. The molecule has 1 N–H and O–H groups in total. The second-order valence-electron chi connectivity index (χ2n) is 3.81. The van der Waals surface area contributed by atoms with Gasteiger partial charge in [-0.25, -0.2) is 4.39 Å². The molecule has 82 valence electrons. The van der Waals surface area contributed by atoms with E-state index in [1.54, 1.807) is 19.1 Å². The fourth-order valence-electron chi connectivity index (χ4n) is 1.92. The van der Waals surface area contributed by atoms with Crippen molar-refractivity contribution >= 4 is 15.9 Å². The molecule has 15 heavy (non-hydrogen) atoms. The van der Waals surface area contributed by atoms with Crippen LogP contribution in [0.4, 0.5) is 4.39 Å². The second kappa shape index (κ2) is 3.85. The molecule has 1 saturated heterocycles. The molecule has 1 aliphatic rings. The van der Waals surface area contributed by atoms with E-state index in [9.17, 15) is 9.50 Å². The van der Waals surface area contributed by atoms with E-state index in [-0.39, 0.29) is 6.10 Å². The van der Waals surface area contributed by atoms with Gasteiger partial charge in [0.1, 0.15) is 11.4 Å². The lowest BCUT2D eigenvalue weighted by molar-refractivity contribution is -0.0340. The Labute approximate surface area is 96.2 Å². The summed E-state index contributed by atoms with van der Waals surface area (Å²) in [7, 11) is 0. The fraction of sp³-hybridized carbons (Fsp3) is 0.455. The van der Waals surface area contributed by atoms with Gasteiger partial charge in [0.15, 0.2) is 0 Å². The maximum absolute atomic E-state index is 13.6. The Bertz CT molecular complexity index is 383. The minimum atomic E-state index is -1.20. The third-order valence-corrected chi connectivity index (χ3v) is 3.41. The monoisotopic (exact) mass is 274 g/mol. The third kappa shape index (κ3) is 1.82. The van der Waals surface area contributed by atoms with Crippen LogP contribution >= 0.6 is 15.9 Å². The predicted octanol–water partition coefficient (Wildman–Crippen LogP) is 2.58. The summed E-state index contributed by atoms with van der Waals surface area (Å²) in [6.07, 6.45) is 0.0583. The summed E-state index contributed by atoms with van der Waals surface area (Å²) < 4.78 is 19.6. The minimum absolute atomic E-state index is 0.307. The average molecular weight is 275 g/mol. The molecule has 0 aromatic heterocycles. The highest BCUT2D eigenvalue weighted by atomic mass is 79.9. The van der Waals surface area contributed by atoms with Gasteiger partial charge in [0.05, 0.1) is 12.7 Å². The summed E-state index contributed by atoms with van der Waals surface area (Å²) >= 11 is 3.27. The molecule has 2 atom stereocenters. The standard InChI is InChI=1S/C11H12BrFO2/c1-7-11(14,4-5-15-7)9-6-8(12)2-3-10(9)13/h2-3,6-7,14H,4-5H2,1H3. The summed E-state index contributed by atoms with van der Waals surface area (Å²) in [4.78, 5) is 0. The van der Waals surface area contributed by atoms with Gasteiger partial charge in [-0.05, 0) is 25.1 Å². The van der Waals surface area contributed by atoms with Crippen LogP contribution in [-0.4, -0.2) is 17.8 Å². The van der Waals surface area contributed by atoms with Crippen molar-refractivity contribution in [3.8, 4) is 0 Å². The smallest absolute Gasteiger partial charge is 0.129 e. The van der Waals surface area contributed by atoms with Gasteiger partial charge >= 0.3 is 0 Å². The van der Waals surface area contributed by atoms with Crippen LogP contribution in [-0.2, 0) is 10.3 Å². The van der Waals surface area contributed by atoms with Crippen LogP contribution in [0.2, 0.25) is 0 Å². The van der Waals surface area contributed by atoms with Crippen LogP contribution in [0.5, 0.6) is 0 Å². The number of halogens is 2. The molecular formula is C11H12BrFO2. The summed E-state index contributed by atoms with van der Waals surface area (Å²) in [5.41, 5.74) is -0.893. The van der Waals surface area contributed by atoms with Crippen molar-refractivity contribution in [2.75, 3.05) is 6.61 Å². The number of ether oxygens (including phenoxy) is 1. The van der Waals surface area contributed by atoms with Crippen molar-refractivity contribution in [2.45, 2.75) is 25.0 Å². The van der Waals surface area contributed by atoms with Gasteiger partial charge in [0, 0.05) is 16.5 Å². The molecule has 0 saturated carbocycles. The Morgan fingerprint density at radius 3 is 2.93 bits per heavy atom. The highest BCUT2D eigenvalue weighted by Gasteiger charge is 2.42. The van der Waals surface area contributed by atoms with Crippen LogP contribution in [0.1, 0.15) is 18.9 Å². The lowest BCUT2D eigenvalue weighted by atomic mass is 9.87. The summed E-state index contributed by atoms with van der Waals surface area (Å²) in [5, 5.41) is 10.4. The number of hydrogen-bond donors (Lipinski definition) is 1. The summed E-state index contributed by atoms with van der Waals surface area (Å²) in [6, 6.07) is 4.58. The van der Waals surface area contributed by atoms with Gasteiger partial charge in [-0.1, -0.05) is 15.9 Å². The molecule has 0 amide bonds. The van der Waals surface area contributed by atoms with E-state index >= 15 is 0 Å². The van der Waals surface area contributed by atoms with Crippen LogP contribution < -0.4 is 0 Å². The van der Waals surface area contributed by atoms with E-state index in [1.807, 2.05) is 0 Å². The molecule has 1 heterocycles. The van der Waals surface area contributed by atoms with Gasteiger partial charge in [-0.2, -0.15) is 0 Å². The van der Waals surface area contributed by atoms with Gasteiger partial charge in [-0.3, -0.25) is 0 Å². The van der Waals surface area contributed by atoms with Crippen LogP contribution in [0.15, 0.2) is 22.7 Å². The van der Waals surface area contributed by atoms with E-state index < -0.39 is 11.4 Å². The third-order valence-electron chi connectivity index (χ3n) is 2.92. The largest absolute Gasteiger partial charge is 0.382 e. The molecule has 0 spiro atoms. The average Bonchev–Trinajstić information content (AvgIpc) is 2.52. The molecule has 0 aliphatic carbocycles. The molecule has 2 unspecified atom stereocenters. The highest BCUT2D eigenvalue weighted by Crippen LogP contribution is 2.38. The topological polar surface area (TPSA) is 29.5 Å². The van der Waals surface area contributed by atoms with Crippen molar-refractivity contribution in [1.82, 2.24) is 0 Å². The van der Waals surface area contributed by atoms with Crippen molar-refractivity contribution < 1.29 is 14.2 Å². The fourth-order valence-corrected chi connectivity index (χ4v) is 2.28. The number of aliphatic hydroxyl groups is 1. The maximum atomic E-state index is 13.6. The Hall–Kier alpha value is -0.450. The first kappa shape index (κ1) is 11.0. The van der Waals surface area contributed by atoms with Crippen molar-refractivity contribution in [3.63, 3.8) is 0 Å². The quantitative estimate of drug-likeness (QED) is 0.853. The molecule has 1 aromatic rings. The molecule has 1 fully saturated rings. The first-order chi connectivity index (χ1) is 7.04. The van der Waals surface area contributed by atoms with Crippen LogP contribution in [0.3, 0.4) is 0 Å². The first-order valence-electron chi connectivity index (χ1n) is 4.83. The van der Waals surface area contributed by atoms with Gasteiger partial charge in [-0.15, -0.1) is 0 Å². The highest BCUT2D eigenvalue weighted by molar-refractivity contribution is 9.10. The summed E-state index contributed by atoms with van der Waals surface area (Å²) in [5.74, 6) is -0.391. The van der Waals surface area contributed by atoms with Gasteiger partial charge < -0.3 is 9.84 Å².